The second-order valence-electron chi connectivity index (χ2n) is 7.56. The molecule has 176 valence electrons. The first-order valence-corrected chi connectivity index (χ1v) is 10.7. The van der Waals surface area contributed by atoms with Crippen molar-refractivity contribution in [3.05, 3.63) is 59.2 Å². The van der Waals surface area contributed by atoms with Gasteiger partial charge in [-0.15, -0.1) is 24.0 Å². The molecule has 3 rings (SSSR count). The highest BCUT2D eigenvalue weighted by Gasteiger charge is 2.23. The lowest BCUT2D eigenvalue weighted by atomic mass is 10.0. The van der Waals surface area contributed by atoms with Crippen LogP contribution in [0.3, 0.4) is 0 Å². The van der Waals surface area contributed by atoms with E-state index in [1.54, 1.807) is 21.3 Å². The minimum absolute atomic E-state index is 0. The third kappa shape index (κ3) is 7.25. The van der Waals surface area contributed by atoms with Crippen molar-refractivity contribution >= 4 is 29.9 Å². The Bertz CT molecular complexity index is 855. The summed E-state index contributed by atoms with van der Waals surface area (Å²) in [5.41, 5.74) is 3.51. The van der Waals surface area contributed by atoms with Gasteiger partial charge in [0, 0.05) is 38.8 Å². The third-order valence-corrected chi connectivity index (χ3v) is 5.56. The number of morpholine rings is 1. The standard InChI is InChI=1S/C24H34N4O3.HI/c1-18-5-6-20(23(15-18)30-4)16-26-24(25-2)27-17-22(28-11-13-31-14-12-28)19-7-9-21(29-3)10-8-19;/h5-10,15,22H,11-14,16-17H2,1-4H3,(H2,25,26,27);1H. The summed E-state index contributed by atoms with van der Waals surface area (Å²) in [6, 6.07) is 14.7. The van der Waals surface area contributed by atoms with E-state index in [2.05, 4.69) is 51.7 Å². The molecular formula is C24H35IN4O3. The van der Waals surface area contributed by atoms with Crippen molar-refractivity contribution < 1.29 is 14.2 Å². The SMILES string of the molecule is CN=C(NCc1ccc(C)cc1OC)NCC(c1ccc(OC)cc1)N1CCOCC1.I. The van der Waals surface area contributed by atoms with Gasteiger partial charge in [0.25, 0.3) is 0 Å². The van der Waals surface area contributed by atoms with Crippen LogP contribution in [0.25, 0.3) is 0 Å². The van der Waals surface area contributed by atoms with Crippen LogP contribution in [0.4, 0.5) is 0 Å². The van der Waals surface area contributed by atoms with Gasteiger partial charge in [-0.2, -0.15) is 0 Å². The maximum atomic E-state index is 5.56. The highest BCUT2D eigenvalue weighted by atomic mass is 127. The molecule has 1 fully saturated rings. The second-order valence-corrected chi connectivity index (χ2v) is 7.56. The summed E-state index contributed by atoms with van der Waals surface area (Å²) in [5.74, 6) is 2.50. The van der Waals surface area contributed by atoms with Crippen LogP contribution in [0.15, 0.2) is 47.5 Å². The molecule has 1 saturated heterocycles. The third-order valence-electron chi connectivity index (χ3n) is 5.56. The van der Waals surface area contributed by atoms with Crippen LogP contribution in [0, 0.1) is 6.92 Å². The molecule has 1 aliphatic rings. The Morgan fingerprint density at radius 1 is 1.06 bits per heavy atom. The van der Waals surface area contributed by atoms with Crippen molar-refractivity contribution in [3.8, 4) is 11.5 Å². The van der Waals surface area contributed by atoms with Crippen LogP contribution in [0.2, 0.25) is 0 Å². The summed E-state index contributed by atoms with van der Waals surface area (Å²) in [4.78, 5) is 6.86. The van der Waals surface area contributed by atoms with Crippen LogP contribution in [-0.4, -0.2) is 65.0 Å². The Kier molecular flexibility index (Phi) is 11.1. The number of nitrogens with one attached hydrogen (secondary N) is 2. The normalized spacial score (nSPS) is 15.4. The average molecular weight is 554 g/mol. The first-order chi connectivity index (χ1) is 15.1. The van der Waals surface area contributed by atoms with Gasteiger partial charge in [-0.25, -0.2) is 0 Å². The Hall–Kier alpha value is -2.04. The number of halogens is 1. The van der Waals surface area contributed by atoms with Gasteiger partial charge in [-0.1, -0.05) is 24.3 Å². The zero-order valence-electron chi connectivity index (χ0n) is 19.4. The first-order valence-electron chi connectivity index (χ1n) is 10.7. The minimum atomic E-state index is 0. The van der Waals surface area contributed by atoms with E-state index in [-0.39, 0.29) is 30.0 Å². The molecule has 1 atom stereocenters. The molecule has 0 amide bonds. The fraction of sp³-hybridized carbons (Fsp3) is 0.458. The zero-order valence-corrected chi connectivity index (χ0v) is 21.7. The van der Waals surface area contributed by atoms with E-state index in [1.807, 2.05) is 18.2 Å². The van der Waals surface area contributed by atoms with Crippen LogP contribution >= 0.6 is 24.0 Å². The fourth-order valence-corrected chi connectivity index (χ4v) is 3.76. The number of rotatable bonds is 8. The molecule has 2 N–H and O–H groups in total. The molecule has 1 unspecified atom stereocenters. The Morgan fingerprint density at radius 2 is 1.78 bits per heavy atom. The van der Waals surface area contributed by atoms with E-state index < -0.39 is 0 Å². The van der Waals surface area contributed by atoms with E-state index in [1.165, 1.54) is 11.1 Å². The Balaban J connectivity index is 0.00000363. The molecule has 8 heteroatoms. The molecule has 0 aromatic heterocycles. The number of nitrogens with zero attached hydrogens (tertiary/aromatic N) is 2. The van der Waals surface area contributed by atoms with Gasteiger partial charge in [0.2, 0.25) is 0 Å². The van der Waals surface area contributed by atoms with Gasteiger partial charge >= 0.3 is 0 Å². The quantitative estimate of drug-likeness (QED) is 0.297. The second kappa shape index (κ2) is 13.5. The smallest absolute Gasteiger partial charge is 0.191 e. The monoisotopic (exact) mass is 554 g/mol. The number of aryl methyl sites for hydroxylation is 1. The van der Waals surface area contributed by atoms with Crippen molar-refractivity contribution in [2.75, 3.05) is 54.1 Å². The summed E-state index contributed by atoms with van der Waals surface area (Å²) >= 11 is 0. The summed E-state index contributed by atoms with van der Waals surface area (Å²) in [6.07, 6.45) is 0. The maximum absolute atomic E-state index is 5.56. The van der Waals surface area contributed by atoms with Crippen molar-refractivity contribution in [1.29, 1.82) is 0 Å². The molecule has 0 saturated carbocycles. The molecule has 2 aromatic rings. The highest BCUT2D eigenvalue weighted by molar-refractivity contribution is 14.0. The van der Waals surface area contributed by atoms with Crippen LogP contribution in [-0.2, 0) is 11.3 Å². The molecular weight excluding hydrogens is 519 g/mol. The summed E-state index contributed by atoms with van der Waals surface area (Å²) in [7, 11) is 5.18. The maximum Gasteiger partial charge on any atom is 0.191 e. The topological polar surface area (TPSA) is 67.4 Å². The molecule has 1 heterocycles. The zero-order chi connectivity index (χ0) is 22.1. The molecule has 0 aliphatic carbocycles. The number of hydrogen-bond acceptors (Lipinski definition) is 5. The van der Waals surface area contributed by atoms with Gasteiger partial charge in [-0.3, -0.25) is 9.89 Å². The molecule has 0 radical (unpaired) electrons. The van der Waals surface area contributed by atoms with Crippen molar-refractivity contribution in [2.45, 2.75) is 19.5 Å². The van der Waals surface area contributed by atoms with Gasteiger partial charge in [0.05, 0.1) is 33.5 Å². The van der Waals surface area contributed by atoms with E-state index in [9.17, 15) is 0 Å². The first kappa shape index (κ1) is 26.2. The number of ether oxygens (including phenoxy) is 3. The Morgan fingerprint density at radius 3 is 2.41 bits per heavy atom. The van der Waals surface area contributed by atoms with E-state index >= 15 is 0 Å². The molecule has 32 heavy (non-hydrogen) atoms. The van der Waals surface area contributed by atoms with Crippen LogP contribution in [0.5, 0.6) is 11.5 Å². The Labute approximate surface area is 208 Å². The summed E-state index contributed by atoms with van der Waals surface area (Å²) in [5, 5.41) is 6.90. The lowest BCUT2D eigenvalue weighted by Crippen LogP contribution is -2.46. The molecule has 0 spiro atoms. The van der Waals surface area contributed by atoms with Crippen LogP contribution in [0.1, 0.15) is 22.7 Å². The number of methoxy groups -OCH3 is 2. The van der Waals surface area contributed by atoms with E-state index in [0.29, 0.717) is 6.54 Å². The van der Waals surface area contributed by atoms with E-state index in [4.69, 9.17) is 14.2 Å². The minimum Gasteiger partial charge on any atom is -0.497 e. The highest BCUT2D eigenvalue weighted by Crippen LogP contribution is 2.24. The van der Waals surface area contributed by atoms with Gasteiger partial charge in [-0.05, 0) is 36.2 Å². The van der Waals surface area contributed by atoms with Gasteiger partial charge in [0.1, 0.15) is 11.5 Å². The summed E-state index contributed by atoms with van der Waals surface area (Å²) in [6.45, 7) is 6.76. The number of aliphatic imine (C=N–C) groups is 1. The predicted molar refractivity (Wildman–Crippen MR) is 139 cm³/mol. The van der Waals surface area contributed by atoms with Gasteiger partial charge < -0.3 is 24.8 Å². The van der Waals surface area contributed by atoms with Crippen molar-refractivity contribution in [1.82, 2.24) is 15.5 Å². The predicted octanol–water partition coefficient (Wildman–Crippen LogP) is 3.37. The van der Waals surface area contributed by atoms with Gasteiger partial charge in [0.15, 0.2) is 5.96 Å². The molecule has 2 aromatic carbocycles. The molecule has 0 bridgehead atoms. The number of hydrogen-bond donors (Lipinski definition) is 2. The number of guanidine groups is 1. The number of benzene rings is 2. The largest absolute Gasteiger partial charge is 0.497 e. The van der Waals surface area contributed by atoms with Crippen molar-refractivity contribution in [2.24, 2.45) is 4.99 Å². The van der Waals surface area contributed by atoms with E-state index in [0.717, 1.165) is 55.9 Å². The summed E-state index contributed by atoms with van der Waals surface area (Å²) < 4.78 is 16.4. The average Bonchev–Trinajstić information content (AvgIpc) is 2.82. The molecule has 7 nitrogen and oxygen atoms in total. The van der Waals surface area contributed by atoms with Crippen LogP contribution < -0.4 is 20.1 Å². The fourth-order valence-electron chi connectivity index (χ4n) is 3.76. The van der Waals surface area contributed by atoms with Crippen molar-refractivity contribution in [3.63, 3.8) is 0 Å². The molecule has 1 aliphatic heterocycles. The lowest BCUT2D eigenvalue weighted by molar-refractivity contribution is 0.0170. The lowest BCUT2D eigenvalue weighted by Gasteiger charge is -2.35.